The van der Waals surface area contributed by atoms with E-state index < -0.39 is 18.1 Å². The van der Waals surface area contributed by atoms with E-state index in [-0.39, 0.29) is 25.9 Å². The van der Waals surface area contributed by atoms with Gasteiger partial charge in [-0.2, -0.15) is 0 Å². The van der Waals surface area contributed by atoms with Crippen molar-refractivity contribution in [3.05, 3.63) is 35.9 Å². The van der Waals surface area contributed by atoms with Gasteiger partial charge in [-0.25, -0.2) is 9.59 Å². The van der Waals surface area contributed by atoms with Crippen LogP contribution >= 0.6 is 0 Å². The van der Waals surface area contributed by atoms with Crippen molar-refractivity contribution in [3.63, 3.8) is 0 Å². The lowest BCUT2D eigenvalue weighted by Crippen LogP contribution is -2.42. The molecule has 132 valence electrons. The van der Waals surface area contributed by atoms with Gasteiger partial charge in [-0.1, -0.05) is 30.3 Å². The number of esters is 1. The molecule has 24 heavy (non-hydrogen) atoms. The van der Waals surface area contributed by atoms with Gasteiger partial charge in [0.1, 0.15) is 12.6 Å². The number of ether oxygens (including phenoxy) is 3. The van der Waals surface area contributed by atoms with Gasteiger partial charge < -0.3 is 24.6 Å². The summed E-state index contributed by atoms with van der Waals surface area (Å²) in [6, 6.07) is 8.25. The molecule has 0 spiro atoms. The molecule has 1 heterocycles. The molecule has 1 aliphatic rings. The van der Waals surface area contributed by atoms with Crippen LogP contribution in [0, 0.1) is 0 Å². The summed E-state index contributed by atoms with van der Waals surface area (Å²) in [5.41, 5.74) is 0.840. The molecular formula is C17H23NO6. The number of carbonyl (C=O) groups excluding carboxylic acids is 1. The van der Waals surface area contributed by atoms with Gasteiger partial charge in [0.05, 0.1) is 6.61 Å². The molecule has 7 nitrogen and oxygen atoms in total. The molecule has 1 aliphatic heterocycles. The molecule has 0 radical (unpaired) electrons. The SMILES string of the molecule is O=C(O)NC(CCOC1CCCCO1)C(=O)OCc1ccccc1. The fourth-order valence-corrected chi connectivity index (χ4v) is 2.39. The molecule has 2 N–H and O–H groups in total. The normalized spacial score (nSPS) is 18.6. The highest BCUT2D eigenvalue weighted by Crippen LogP contribution is 2.14. The number of amides is 1. The maximum atomic E-state index is 12.1. The van der Waals surface area contributed by atoms with Crippen LogP contribution in [0.1, 0.15) is 31.2 Å². The Morgan fingerprint density at radius 1 is 1.29 bits per heavy atom. The summed E-state index contributed by atoms with van der Waals surface area (Å²) in [6.07, 6.45) is 1.53. The topological polar surface area (TPSA) is 94.1 Å². The van der Waals surface area contributed by atoms with Crippen LogP contribution < -0.4 is 5.32 Å². The molecule has 0 bridgehead atoms. The average Bonchev–Trinajstić information content (AvgIpc) is 2.60. The summed E-state index contributed by atoms with van der Waals surface area (Å²) in [4.78, 5) is 23.0. The van der Waals surface area contributed by atoms with Crippen LogP contribution in [-0.2, 0) is 25.6 Å². The van der Waals surface area contributed by atoms with E-state index in [4.69, 9.17) is 19.3 Å². The van der Waals surface area contributed by atoms with E-state index in [1.54, 1.807) is 0 Å². The first kappa shape index (κ1) is 18.2. The van der Waals surface area contributed by atoms with Crippen molar-refractivity contribution in [3.8, 4) is 0 Å². The molecule has 7 heteroatoms. The number of hydrogen-bond acceptors (Lipinski definition) is 5. The van der Waals surface area contributed by atoms with Crippen LogP contribution in [-0.4, -0.2) is 42.7 Å². The first-order valence-electron chi connectivity index (χ1n) is 8.08. The van der Waals surface area contributed by atoms with E-state index in [2.05, 4.69) is 5.32 Å². The van der Waals surface area contributed by atoms with Crippen molar-refractivity contribution in [2.24, 2.45) is 0 Å². The number of carbonyl (C=O) groups is 2. The summed E-state index contributed by atoms with van der Waals surface area (Å²) in [6.45, 7) is 0.987. The minimum atomic E-state index is -1.27. The highest BCUT2D eigenvalue weighted by molar-refractivity contribution is 5.80. The molecule has 1 aromatic rings. The maximum Gasteiger partial charge on any atom is 0.405 e. The number of nitrogens with one attached hydrogen (secondary N) is 1. The van der Waals surface area contributed by atoms with E-state index >= 15 is 0 Å². The van der Waals surface area contributed by atoms with Crippen LogP contribution in [0.4, 0.5) is 4.79 Å². The number of hydrogen-bond donors (Lipinski definition) is 2. The summed E-state index contributed by atoms with van der Waals surface area (Å²) >= 11 is 0. The highest BCUT2D eigenvalue weighted by Gasteiger charge is 2.23. The van der Waals surface area contributed by atoms with Crippen molar-refractivity contribution in [1.82, 2.24) is 5.32 Å². The van der Waals surface area contributed by atoms with E-state index in [1.165, 1.54) is 0 Å². The fourth-order valence-electron chi connectivity index (χ4n) is 2.39. The Morgan fingerprint density at radius 2 is 2.08 bits per heavy atom. The second kappa shape index (κ2) is 9.89. The predicted molar refractivity (Wildman–Crippen MR) is 85.3 cm³/mol. The minimum absolute atomic E-state index is 0.101. The summed E-state index contributed by atoms with van der Waals surface area (Å²) in [7, 11) is 0. The third-order valence-electron chi connectivity index (χ3n) is 3.65. The van der Waals surface area contributed by atoms with Gasteiger partial charge in [0.25, 0.3) is 0 Å². The van der Waals surface area contributed by atoms with Crippen LogP contribution in [0.2, 0.25) is 0 Å². The Hall–Kier alpha value is -2.12. The molecule has 1 fully saturated rings. The lowest BCUT2D eigenvalue weighted by Gasteiger charge is -2.23. The van der Waals surface area contributed by atoms with Crippen molar-refractivity contribution in [1.29, 1.82) is 0 Å². The number of benzene rings is 1. The first-order chi connectivity index (χ1) is 11.6. The Morgan fingerprint density at radius 3 is 2.75 bits per heavy atom. The van der Waals surface area contributed by atoms with Crippen LogP contribution in [0.3, 0.4) is 0 Å². The molecule has 1 aromatic carbocycles. The molecule has 2 atom stereocenters. The zero-order chi connectivity index (χ0) is 17.2. The molecule has 1 saturated heterocycles. The van der Waals surface area contributed by atoms with Gasteiger partial charge in [-0.3, -0.25) is 0 Å². The third-order valence-corrected chi connectivity index (χ3v) is 3.65. The molecule has 0 aromatic heterocycles. The smallest absolute Gasteiger partial charge is 0.405 e. The summed E-state index contributed by atoms with van der Waals surface area (Å²) in [5, 5.41) is 11.1. The monoisotopic (exact) mass is 337 g/mol. The zero-order valence-electron chi connectivity index (χ0n) is 13.5. The van der Waals surface area contributed by atoms with Gasteiger partial charge in [0.15, 0.2) is 6.29 Å². The van der Waals surface area contributed by atoms with Crippen molar-refractivity contribution < 1.29 is 28.9 Å². The quantitative estimate of drug-likeness (QED) is 0.707. The lowest BCUT2D eigenvalue weighted by atomic mass is 10.2. The fraction of sp³-hybridized carbons (Fsp3) is 0.529. The van der Waals surface area contributed by atoms with E-state index in [0.29, 0.717) is 6.61 Å². The Balaban J connectivity index is 1.77. The molecular weight excluding hydrogens is 314 g/mol. The van der Waals surface area contributed by atoms with E-state index in [1.807, 2.05) is 30.3 Å². The molecule has 1 amide bonds. The van der Waals surface area contributed by atoms with Crippen molar-refractivity contribution in [2.75, 3.05) is 13.2 Å². The first-order valence-corrected chi connectivity index (χ1v) is 8.08. The lowest BCUT2D eigenvalue weighted by molar-refractivity contribution is -0.166. The van der Waals surface area contributed by atoms with Gasteiger partial charge in [-0.15, -0.1) is 0 Å². The van der Waals surface area contributed by atoms with Crippen LogP contribution in [0.15, 0.2) is 30.3 Å². The number of carboxylic acid groups (broad SMARTS) is 1. The van der Waals surface area contributed by atoms with Crippen LogP contribution in [0.25, 0.3) is 0 Å². The van der Waals surface area contributed by atoms with Crippen molar-refractivity contribution in [2.45, 2.75) is 44.6 Å². The molecule has 0 aliphatic carbocycles. The van der Waals surface area contributed by atoms with Gasteiger partial charge in [-0.05, 0) is 24.8 Å². The van der Waals surface area contributed by atoms with Crippen LogP contribution in [0.5, 0.6) is 0 Å². The zero-order valence-corrected chi connectivity index (χ0v) is 13.5. The third kappa shape index (κ3) is 6.55. The summed E-state index contributed by atoms with van der Waals surface area (Å²) in [5.74, 6) is -0.616. The Labute approximate surface area is 140 Å². The van der Waals surface area contributed by atoms with Crippen molar-refractivity contribution >= 4 is 12.1 Å². The van der Waals surface area contributed by atoms with Gasteiger partial charge >= 0.3 is 12.1 Å². The Kier molecular flexibility index (Phi) is 7.51. The standard InChI is InChI=1S/C17H23NO6/c19-16(24-12-13-6-2-1-3-7-13)14(18-17(20)21)9-11-23-15-8-4-5-10-22-15/h1-3,6-7,14-15,18H,4-5,8-12H2,(H,20,21). The maximum absolute atomic E-state index is 12.1. The Bertz CT molecular complexity index is 515. The predicted octanol–water partition coefficient (Wildman–Crippen LogP) is 2.30. The van der Waals surface area contributed by atoms with Gasteiger partial charge in [0.2, 0.25) is 0 Å². The molecule has 0 saturated carbocycles. The van der Waals surface area contributed by atoms with E-state index in [9.17, 15) is 9.59 Å². The number of rotatable bonds is 8. The molecule has 2 unspecified atom stereocenters. The second-order valence-corrected chi connectivity index (χ2v) is 5.55. The summed E-state index contributed by atoms with van der Waals surface area (Å²) < 4.78 is 16.2. The highest BCUT2D eigenvalue weighted by atomic mass is 16.7. The van der Waals surface area contributed by atoms with Gasteiger partial charge in [0, 0.05) is 13.0 Å². The molecule has 2 rings (SSSR count). The average molecular weight is 337 g/mol. The minimum Gasteiger partial charge on any atom is -0.465 e. The van der Waals surface area contributed by atoms with E-state index in [0.717, 1.165) is 24.8 Å². The largest absolute Gasteiger partial charge is 0.465 e. The second-order valence-electron chi connectivity index (χ2n) is 5.55.